The molecular weight excluding hydrogens is 358 g/mol. The number of piperidine rings is 1. The average molecular weight is 390 g/mol. The molecule has 6 heteroatoms. The van der Waals surface area contributed by atoms with Crippen molar-refractivity contribution >= 4 is 23.6 Å². The second-order valence-electron chi connectivity index (χ2n) is 7.71. The van der Waals surface area contributed by atoms with Crippen LogP contribution in [0.4, 0.5) is 0 Å². The van der Waals surface area contributed by atoms with E-state index in [9.17, 15) is 9.59 Å². The van der Waals surface area contributed by atoms with Crippen LogP contribution in [0.25, 0.3) is 0 Å². The van der Waals surface area contributed by atoms with E-state index in [1.165, 1.54) is 4.90 Å². The molecule has 2 aliphatic heterocycles. The molecule has 0 radical (unpaired) electrons. The van der Waals surface area contributed by atoms with Gasteiger partial charge in [-0.1, -0.05) is 0 Å². The Morgan fingerprint density at radius 3 is 2.41 bits per heavy atom. The minimum absolute atomic E-state index is 0.123. The molecule has 2 aliphatic rings. The van der Waals surface area contributed by atoms with E-state index in [4.69, 9.17) is 0 Å². The van der Waals surface area contributed by atoms with Gasteiger partial charge in [-0.25, -0.2) is 0 Å². The highest BCUT2D eigenvalue weighted by molar-refractivity contribution is 7.98. The van der Waals surface area contributed by atoms with Crippen molar-refractivity contribution in [2.45, 2.75) is 30.6 Å². The fourth-order valence-corrected chi connectivity index (χ4v) is 4.35. The number of benzene rings is 1. The van der Waals surface area contributed by atoms with Gasteiger partial charge >= 0.3 is 0 Å². The van der Waals surface area contributed by atoms with Crippen molar-refractivity contribution in [3.05, 3.63) is 29.8 Å². The molecule has 5 nitrogen and oxygen atoms in total. The molecular formula is C21H31N3O2S. The maximum atomic E-state index is 12.8. The molecule has 0 spiro atoms. The van der Waals surface area contributed by atoms with Crippen LogP contribution in [0.2, 0.25) is 0 Å². The molecule has 148 valence electrons. The number of rotatable bonds is 5. The summed E-state index contributed by atoms with van der Waals surface area (Å²) < 4.78 is 0. The Balaban J connectivity index is 1.48. The summed E-state index contributed by atoms with van der Waals surface area (Å²) in [4.78, 5) is 32.7. The van der Waals surface area contributed by atoms with Crippen LogP contribution in [0, 0.1) is 5.92 Å². The van der Waals surface area contributed by atoms with Gasteiger partial charge in [-0.3, -0.25) is 9.59 Å². The van der Waals surface area contributed by atoms with Crippen LogP contribution in [0.15, 0.2) is 29.2 Å². The van der Waals surface area contributed by atoms with E-state index in [0.717, 1.165) is 64.1 Å². The van der Waals surface area contributed by atoms with Crippen LogP contribution in [0.1, 0.15) is 36.0 Å². The maximum Gasteiger partial charge on any atom is 0.253 e. The number of carbonyl (C=O) groups is 2. The highest BCUT2D eigenvalue weighted by Crippen LogP contribution is 2.24. The molecule has 1 aromatic carbocycles. The van der Waals surface area contributed by atoms with Crippen molar-refractivity contribution in [2.24, 2.45) is 5.92 Å². The lowest BCUT2D eigenvalue weighted by Gasteiger charge is -2.34. The molecule has 1 atom stereocenters. The molecule has 2 amide bonds. The summed E-state index contributed by atoms with van der Waals surface area (Å²) in [5.74, 6) is 0.835. The zero-order valence-electron chi connectivity index (χ0n) is 16.5. The van der Waals surface area contributed by atoms with Gasteiger partial charge in [0.1, 0.15) is 0 Å². The highest BCUT2D eigenvalue weighted by atomic mass is 32.2. The first-order valence-electron chi connectivity index (χ1n) is 9.96. The molecule has 2 saturated heterocycles. The number of carbonyl (C=O) groups excluding carboxylic acids is 2. The van der Waals surface area contributed by atoms with Crippen molar-refractivity contribution in [1.82, 2.24) is 14.7 Å². The molecule has 2 fully saturated rings. The topological polar surface area (TPSA) is 43.9 Å². The lowest BCUT2D eigenvalue weighted by Crippen LogP contribution is -2.47. The summed E-state index contributed by atoms with van der Waals surface area (Å²) in [6, 6.07) is 7.87. The first kappa shape index (κ1) is 20.2. The highest BCUT2D eigenvalue weighted by Gasteiger charge is 2.26. The standard InChI is InChI=1S/C21H31N3O2S/c1-22-12-14-23(15-13-22)20(25)10-5-17-4-3-11-24(16-17)21(26)18-6-8-19(27-2)9-7-18/h6-9,17H,3-5,10-16H2,1-2H3/t17-/m1/s1. The average Bonchev–Trinajstić information content (AvgIpc) is 2.72. The van der Waals surface area contributed by atoms with Crippen LogP contribution in [0.3, 0.4) is 0 Å². The summed E-state index contributed by atoms with van der Waals surface area (Å²) in [5.41, 5.74) is 0.766. The third-order valence-electron chi connectivity index (χ3n) is 5.77. The smallest absolute Gasteiger partial charge is 0.253 e. The molecule has 0 bridgehead atoms. The zero-order valence-corrected chi connectivity index (χ0v) is 17.3. The number of amides is 2. The molecule has 0 aliphatic carbocycles. The molecule has 27 heavy (non-hydrogen) atoms. The quantitative estimate of drug-likeness (QED) is 0.727. The Hall–Kier alpha value is -1.53. The van der Waals surface area contributed by atoms with Crippen LogP contribution in [-0.2, 0) is 4.79 Å². The third-order valence-corrected chi connectivity index (χ3v) is 6.51. The van der Waals surface area contributed by atoms with Gasteiger partial charge in [0.15, 0.2) is 0 Å². The number of likely N-dealkylation sites (N-methyl/N-ethyl adjacent to an activating group) is 1. The van der Waals surface area contributed by atoms with E-state index >= 15 is 0 Å². The van der Waals surface area contributed by atoms with E-state index < -0.39 is 0 Å². The summed E-state index contributed by atoms with van der Waals surface area (Å²) in [6.07, 6.45) is 5.68. The summed E-state index contributed by atoms with van der Waals surface area (Å²) in [6.45, 7) is 5.22. The molecule has 0 unspecified atom stereocenters. The zero-order chi connectivity index (χ0) is 19.2. The Morgan fingerprint density at radius 2 is 1.74 bits per heavy atom. The van der Waals surface area contributed by atoms with Crippen molar-refractivity contribution in [3.8, 4) is 0 Å². The summed E-state index contributed by atoms with van der Waals surface area (Å²) in [7, 11) is 2.10. The fourth-order valence-electron chi connectivity index (χ4n) is 3.94. The van der Waals surface area contributed by atoms with Gasteiger partial charge in [-0.15, -0.1) is 11.8 Å². The van der Waals surface area contributed by atoms with E-state index in [0.29, 0.717) is 12.3 Å². The number of thioether (sulfide) groups is 1. The Kier molecular flexibility index (Phi) is 7.19. The molecule has 0 aromatic heterocycles. The first-order valence-corrected chi connectivity index (χ1v) is 11.2. The van der Waals surface area contributed by atoms with Gasteiger partial charge in [-0.05, 0) is 62.7 Å². The monoisotopic (exact) mass is 389 g/mol. The Morgan fingerprint density at radius 1 is 1.04 bits per heavy atom. The van der Waals surface area contributed by atoms with Gasteiger partial charge in [0.05, 0.1) is 0 Å². The molecule has 0 N–H and O–H groups in total. The number of nitrogens with zero attached hydrogens (tertiary/aromatic N) is 3. The molecule has 1 aromatic rings. The number of likely N-dealkylation sites (tertiary alicyclic amines) is 1. The maximum absolute atomic E-state index is 12.8. The largest absolute Gasteiger partial charge is 0.340 e. The lowest BCUT2D eigenvalue weighted by molar-refractivity contribution is -0.133. The predicted octanol–water partition coefficient (Wildman–Crippen LogP) is 2.81. The minimum atomic E-state index is 0.123. The predicted molar refractivity (Wildman–Crippen MR) is 110 cm³/mol. The lowest BCUT2D eigenvalue weighted by atomic mass is 9.92. The third kappa shape index (κ3) is 5.48. The van der Waals surface area contributed by atoms with E-state index in [1.807, 2.05) is 40.3 Å². The minimum Gasteiger partial charge on any atom is -0.340 e. The van der Waals surface area contributed by atoms with Crippen LogP contribution in [0.5, 0.6) is 0 Å². The van der Waals surface area contributed by atoms with Crippen molar-refractivity contribution in [3.63, 3.8) is 0 Å². The van der Waals surface area contributed by atoms with Gasteiger partial charge < -0.3 is 14.7 Å². The first-order chi connectivity index (χ1) is 13.1. The molecule has 3 rings (SSSR count). The fraction of sp³-hybridized carbons (Fsp3) is 0.619. The van der Waals surface area contributed by atoms with Crippen molar-refractivity contribution in [1.29, 1.82) is 0 Å². The van der Waals surface area contributed by atoms with Crippen LogP contribution < -0.4 is 0 Å². The Bertz CT molecular complexity index is 641. The van der Waals surface area contributed by atoms with Crippen molar-refractivity contribution in [2.75, 3.05) is 52.6 Å². The van der Waals surface area contributed by atoms with E-state index in [2.05, 4.69) is 11.9 Å². The number of piperazine rings is 1. The molecule has 2 heterocycles. The van der Waals surface area contributed by atoms with E-state index in [1.54, 1.807) is 11.8 Å². The molecule has 0 saturated carbocycles. The van der Waals surface area contributed by atoms with Crippen molar-refractivity contribution < 1.29 is 9.59 Å². The summed E-state index contributed by atoms with van der Waals surface area (Å²) in [5, 5.41) is 0. The van der Waals surface area contributed by atoms with Crippen LogP contribution >= 0.6 is 11.8 Å². The second-order valence-corrected chi connectivity index (χ2v) is 8.59. The normalized spacial score (nSPS) is 21.3. The number of hydrogen-bond acceptors (Lipinski definition) is 4. The summed E-state index contributed by atoms with van der Waals surface area (Å²) >= 11 is 1.68. The van der Waals surface area contributed by atoms with Gasteiger partial charge in [-0.2, -0.15) is 0 Å². The van der Waals surface area contributed by atoms with Gasteiger partial charge in [0.2, 0.25) is 5.91 Å². The van der Waals surface area contributed by atoms with Gasteiger partial charge in [0.25, 0.3) is 5.91 Å². The van der Waals surface area contributed by atoms with Crippen LogP contribution in [-0.4, -0.2) is 79.1 Å². The SMILES string of the molecule is CSc1ccc(C(=O)N2CCC[C@H](CCC(=O)N3CCN(C)CC3)C2)cc1. The second kappa shape index (κ2) is 9.60. The number of hydrogen-bond donors (Lipinski definition) is 0. The van der Waals surface area contributed by atoms with E-state index in [-0.39, 0.29) is 11.8 Å². The van der Waals surface area contributed by atoms with Gasteiger partial charge in [0, 0.05) is 56.1 Å². The Labute approximate surface area is 167 Å².